The number of fused-ring (bicyclic) bond motifs is 2. The van der Waals surface area contributed by atoms with Crippen molar-refractivity contribution in [2.45, 2.75) is 6.04 Å². The lowest BCUT2D eigenvalue weighted by molar-refractivity contribution is 0.467. The summed E-state index contributed by atoms with van der Waals surface area (Å²) in [6, 6.07) is 5.34. The highest BCUT2D eigenvalue weighted by molar-refractivity contribution is 5.89. The van der Waals surface area contributed by atoms with Gasteiger partial charge in [0.25, 0.3) is 0 Å². The fourth-order valence-corrected chi connectivity index (χ4v) is 3.30. The Bertz CT molecular complexity index is 1130. The lowest BCUT2D eigenvalue weighted by Gasteiger charge is -2.24. The summed E-state index contributed by atoms with van der Waals surface area (Å²) in [5, 5.41) is 22.8. The SMILES string of the molecule is Cn1cc2c(n1)[N-]C(c1ccc(O)cc1F)c1ccn3ncnc-2c13. The fourth-order valence-electron chi connectivity index (χ4n) is 3.30. The molecule has 124 valence electrons. The van der Waals surface area contributed by atoms with Gasteiger partial charge in [0.2, 0.25) is 0 Å². The number of hydrogen-bond donors (Lipinski definition) is 1. The molecule has 0 radical (unpaired) electrons. The first-order valence-electron chi connectivity index (χ1n) is 7.67. The third-order valence-electron chi connectivity index (χ3n) is 4.37. The third kappa shape index (κ3) is 1.94. The van der Waals surface area contributed by atoms with Gasteiger partial charge in [0.1, 0.15) is 17.9 Å². The number of aromatic hydroxyl groups is 1. The minimum Gasteiger partial charge on any atom is -0.508 e. The van der Waals surface area contributed by atoms with Gasteiger partial charge in [-0.3, -0.25) is 0 Å². The third-order valence-corrected chi connectivity index (χ3v) is 4.37. The lowest BCUT2D eigenvalue weighted by atomic mass is 9.99. The number of phenols is 1. The van der Waals surface area contributed by atoms with Crippen LogP contribution in [0.5, 0.6) is 5.75 Å². The van der Waals surface area contributed by atoms with Crippen LogP contribution in [0, 0.1) is 5.82 Å². The maximum atomic E-state index is 14.5. The number of rotatable bonds is 1. The van der Waals surface area contributed by atoms with E-state index < -0.39 is 11.9 Å². The van der Waals surface area contributed by atoms with Crippen molar-refractivity contribution in [2.24, 2.45) is 7.05 Å². The highest BCUT2D eigenvalue weighted by Gasteiger charge is 2.25. The largest absolute Gasteiger partial charge is 0.508 e. The zero-order valence-corrected chi connectivity index (χ0v) is 13.1. The molecule has 0 bridgehead atoms. The molecule has 3 aromatic heterocycles. The van der Waals surface area contributed by atoms with Crippen molar-refractivity contribution in [1.82, 2.24) is 24.4 Å². The first kappa shape index (κ1) is 14.0. The summed E-state index contributed by atoms with van der Waals surface area (Å²) in [6.07, 6.45) is 5.12. The van der Waals surface area contributed by atoms with Gasteiger partial charge in [-0.25, -0.2) is 13.9 Å². The van der Waals surface area contributed by atoms with Gasteiger partial charge >= 0.3 is 0 Å². The van der Waals surface area contributed by atoms with Gasteiger partial charge < -0.3 is 20.2 Å². The summed E-state index contributed by atoms with van der Waals surface area (Å²) in [4.78, 5) is 4.41. The van der Waals surface area contributed by atoms with Crippen LogP contribution in [-0.2, 0) is 7.05 Å². The zero-order chi connectivity index (χ0) is 17.1. The minimum atomic E-state index is -0.605. The van der Waals surface area contributed by atoms with Crippen molar-refractivity contribution >= 4 is 11.3 Å². The van der Waals surface area contributed by atoms with Gasteiger partial charge in [-0.15, -0.1) is 0 Å². The summed E-state index contributed by atoms with van der Waals surface area (Å²) in [7, 11) is 1.80. The van der Waals surface area contributed by atoms with Crippen LogP contribution in [0.3, 0.4) is 0 Å². The molecular formula is C17H12FN6O-. The van der Waals surface area contributed by atoms with E-state index in [1.165, 1.54) is 12.4 Å². The Labute approximate surface area is 141 Å². The smallest absolute Gasteiger partial charge is 0.137 e. The second-order valence-electron chi connectivity index (χ2n) is 5.95. The molecule has 1 N–H and O–H groups in total. The molecule has 1 aliphatic heterocycles. The van der Waals surface area contributed by atoms with Crippen molar-refractivity contribution in [2.75, 3.05) is 0 Å². The van der Waals surface area contributed by atoms with E-state index in [4.69, 9.17) is 5.32 Å². The topological polar surface area (TPSA) is 82.3 Å². The predicted molar refractivity (Wildman–Crippen MR) is 88.1 cm³/mol. The van der Waals surface area contributed by atoms with Crippen LogP contribution in [0.4, 0.5) is 10.2 Å². The molecule has 4 heterocycles. The summed E-state index contributed by atoms with van der Waals surface area (Å²) in [5.74, 6) is -0.151. The van der Waals surface area contributed by atoms with Gasteiger partial charge in [-0.1, -0.05) is 6.07 Å². The number of aryl methyl sites for hydroxylation is 1. The second kappa shape index (κ2) is 4.79. The van der Waals surface area contributed by atoms with Crippen LogP contribution >= 0.6 is 0 Å². The summed E-state index contributed by atoms with van der Waals surface area (Å²) in [5.41, 5.74) is 3.41. The molecule has 0 spiro atoms. The van der Waals surface area contributed by atoms with Gasteiger partial charge in [0.05, 0.1) is 11.2 Å². The normalized spacial score (nSPS) is 15.7. The molecule has 8 heteroatoms. The zero-order valence-electron chi connectivity index (χ0n) is 13.1. The number of halogens is 1. The molecule has 0 saturated carbocycles. The molecule has 4 aromatic rings. The predicted octanol–water partition coefficient (Wildman–Crippen LogP) is 3.08. The van der Waals surface area contributed by atoms with Gasteiger partial charge in [0.15, 0.2) is 0 Å². The average molecular weight is 335 g/mol. The van der Waals surface area contributed by atoms with E-state index >= 15 is 0 Å². The van der Waals surface area contributed by atoms with Crippen molar-refractivity contribution in [3.63, 3.8) is 0 Å². The Balaban J connectivity index is 1.84. The number of benzene rings is 1. The Kier molecular flexibility index (Phi) is 2.68. The maximum absolute atomic E-state index is 14.5. The maximum Gasteiger partial charge on any atom is 0.137 e. The Morgan fingerprint density at radius 2 is 2.12 bits per heavy atom. The molecule has 1 aliphatic rings. The second-order valence-corrected chi connectivity index (χ2v) is 5.95. The van der Waals surface area contributed by atoms with Crippen molar-refractivity contribution in [1.29, 1.82) is 0 Å². The first-order valence-corrected chi connectivity index (χ1v) is 7.67. The minimum absolute atomic E-state index is 0.126. The summed E-state index contributed by atoms with van der Waals surface area (Å²) >= 11 is 0. The molecule has 25 heavy (non-hydrogen) atoms. The number of phenolic OH excluding ortho intramolecular Hbond substituents is 1. The summed E-state index contributed by atoms with van der Waals surface area (Å²) in [6.45, 7) is 0. The van der Waals surface area contributed by atoms with Gasteiger partial charge in [-0.2, -0.15) is 5.10 Å². The quantitative estimate of drug-likeness (QED) is 0.579. The monoisotopic (exact) mass is 335 g/mol. The molecule has 0 amide bonds. The van der Waals surface area contributed by atoms with Crippen LogP contribution in [0.1, 0.15) is 17.2 Å². The van der Waals surface area contributed by atoms with E-state index in [9.17, 15) is 9.50 Å². The van der Waals surface area contributed by atoms with E-state index in [0.29, 0.717) is 17.1 Å². The van der Waals surface area contributed by atoms with Crippen LogP contribution in [0.25, 0.3) is 22.1 Å². The molecule has 0 fully saturated rings. The molecule has 5 rings (SSSR count). The Hall–Kier alpha value is -3.42. The van der Waals surface area contributed by atoms with E-state index in [2.05, 4.69) is 15.2 Å². The summed E-state index contributed by atoms with van der Waals surface area (Å²) < 4.78 is 17.9. The van der Waals surface area contributed by atoms with E-state index in [1.54, 1.807) is 28.5 Å². The van der Waals surface area contributed by atoms with Crippen LogP contribution in [0.2, 0.25) is 0 Å². The van der Waals surface area contributed by atoms with E-state index in [0.717, 1.165) is 22.7 Å². The Morgan fingerprint density at radius 3 is 2.96 bits per heavy atom. The Morgan fingerprint density at radius 1 is 1.24 bits per heavy atom. The molecule has 1 aromatic carbocycles. The van der Waals surface area contributed by atoms with E-state index in [1.807, 2.05) is 12.3 Å². The first-order chi connectivity index (χ1) is 12.1. The van der Waals surface area contributed by atoms with Crippen LogP contribution in [-0.4, -0.2) is 29.5 Å². The van der Waals surface area contributed by atoms with Crippen molar-refractivity contribution < 1.29 is 9.50 Å². The number of hydrogen-bond acceptors (Lipinski definition) is 4. The average Bonchev–Trinajstić information content (AvgIpc) is 3.13. The molecule has 1 unspecified atom stereocenters. The standard InChI is InChI=1S/C17H12FN6O/c1-23-7-12-15-16-11(4-5-24(16)20-8-19-15)14(21-17(12)22-23)10-3-2-9(25)6-13(10)18/h2-8,14H,1H3,(H-,21,22,25)/q-1. The van der Waals surface area contributed by atoms with Crippen molar-refractivity contribution in [3.05, 3.63) is 65.2 Å². The fraction of sp³-hybridized carbons (Fsp3) is 0.118. The van der Waals surface area contributed by atoms with Crippen LogP contribution < -0.4 is 0 Å². The molecule has 1 atom stereocenters. The number of nitrogens with zero attached hydrogens (tertiary/aromatic N) is 6. The van der Waals surface area contributed by atoms with Gasteiger partial charge in [-0.05, 0) is 29.1 Å². The highest BCUT2D eigenvalue weighted by Crippen LogP contribution is 2.47. The molecule has 0 aliphatic carbocycles. The van der Waals surface area contributed by atoms with Crippen molar-refractivity contribution in [3.8, 4) is 17.0 Å². The van der Waals surface area contributed by atoms with Crippen LogP contribution in [0.15, 0.2) is 43.0 Å². The molecule has 7 nitrogen and oxygen atoms in total. The van der Waals surface area contributed by atoms with Gasteiger partial charge in [0, 0.05) is 37.1 Å². The molecular weight excluding hydrogens is 323 g/mol. The van der Waals surface area contributed by atoms with E-state index in [-0.39, 0.29) is 5.75 Å². The molecule has 0 saturated heterocycles. The number of aromatic nitrogens is 5. The highest BCUT2D eigenvalue weighted by atomic mass is 19.1. The lowest BCUT2D eigenvalue weighted by Crippen LogP contribution is -2.02.